The van der Waals surface area contributed by atoms with Crippen LogP contribution in [0, 0.1) is 0 Å². The number of hydrogen-bond acceptors (Lipinski definition) is 4. The standard InChI is InChI=1S/C10H16N2O2S2.ClH/c1-8-7-12(9(2)6-11-8)16(13,14)10-4-3-5-15-10;/h3-5,8-9,11H,6-7H2,1-2H3;1H. The highest BCUT2D eigenvalue weighted by molar-refractivity contribution is 7.91. The lowest BCUT2D eigenvalue weighted by Gasteiger charge is -2.36. The third kappa shape index (κ3) is 3.00. The van der Waals surface area contributed by atoms with E-state index in [0.717, 1.165) is 0 Å². The van der Waals surface area contributed by atoms with Crippen molar-refractivity contribution in [3.63, 3.8) is 0 Å². The zero-order chi connectivity index (χ0) is 11.8. The van der Waals surface area contributed by atoms with Gasteiger partial charge in [-0.15, -0.1) is 23.7 Å². The molecule has 1 fully saturated rings. The summed E-state index contributed by atoms with van der Waals surface area (Å²) in [7, 11) is -3.29. The van der Waals surface area contributed by atoms with Gasteiger partial charge in [-0.1, -0.05) is 6.07 Å². The van der Waals surface area contributed by atoms with Gasteiger partial charge >= 0.3 is 0 Å². The normalized spacial score (nSPS) is 26.5. The molecule has 1 aromatic rings. The van der Waals surface area contributed by atoms with Crippen molar-refractivity contribution in [2.75, 3.05) is 13.1 Å². The molecule has 2 atom stereocenters. The maximum atomic E-state index is 12.3. The number of thiophene rings is 1. The molecule has 1 N–H and O–H groups in total. The first kappa shape index (κ1) is 14.9. The number of sulfonamides is 1. The largest absolute Gasteiger partial charge is 0.311 e. The van der Waals surface area contributed by atoms with Gasteiger partial charge in [-0.05, 0) is 25.3 Å². The maximum absolute atomic E-state index is 12.3. The summed E-state index contributed by atoms with van der Waals surface area (Å²) in [5.74, 6) is 0. The molecule has 1 aromatic heterocycles. The smallest absolute Gasteiger partial charge is 0.252 e. The van der Waals surface area contributed by atoms with Gasteiger partial charge in [0.05, 0.1) is 0 Å². The SMILES string of the molecule is CC1CN(S(=O)(=O)c2cccs2)C(C)CN1.Cl. The van der Waals surface area contributed by atoms with Crippen molar-refractivity contribution >= 4 is 33.8 Å². The molecule has 0 aliphatic carbocycles. The van der Waals surface area contributed by atoms with Crippen LogP contribution in [0.25, 0.3) is 0 Å². The average molecular weight is 297 g/mol. The molecule has 17 heavy (non-hydrogen) atoms. The zero-order valence-corrected chi connectivity index (χ0v) is 12.2. The van der Waals surface area contributed by atoms with Gasteiger partial charge in [-0.25, -0.2) is 8.42 Å². The Kier molecular flexibility index (Phi) is 4.97. The van der Waals surface area contributed by atoms with Crippen LogP contribution in [0.3, 0.4) is 0 Å². The van der Waals surface area contributed by atoms with Crippen molar-refractivity contribution in [2.45, 2.75) is 30.1 Å². The van der Waals surface area contributed by atoms with Crippen LogP contribution < -0.4 is 5.32 Å². The first-order valence-corrected chi connectivity index (χ1v) is 7.62. The van der Waals surface area contributed by atoms with Crippen molar-refractivity contribution in [1.29, 1.82) is 0 Å². The second-order valence-electron chi connectivity index (χ2n) is 4.17. The molecule has 0 bridgehead atoms. The van der Waals surface area contributed by atoms with E-state index in [9.17, 15) is 8.42 Å². The fourth-order valence-corrected chi connectivity index (χ4v) is 4.69. The second-order valence-corrected chi connectivity index (χ2v) is 7.23. The van der Waals surface area contributed by atoms with Gasteiger partial charge in [0.1, 0.15) is 4.21 Å². The molecule has 4 nitrogen and oxygen atoms in total. The van der Waals surface area contributed by atoms with E-state index in [4.69, 9.17) is 0 Å². The average Bonchev–Trinajstić information content (AvgIpc) is 2.75. The lowest BCUT2D eigenvalue weighted by atomic mass is 10.2. The first-order valence-electron chi connectivity index (χ1n) is 5.30. The maximum Gasteiger partial charge on any atom is 0.252 e. The molecule has 0 saturated carbocycles. The van der Waals surface area contributed by atoms with E-state index in [1.807, 2.05) is 13.8 Å². The third-order valence-electron chi connectivity index (χ3n) is 2.77. The van der Waals surface area contributed by atoms with Crippen molar-refractivity contribution in [3.05, 3.63) is 17.5 Å². The Bertz CT molecular complexity index is 447. The minimum absolute atomic E-state index is 0. The number of nitrogens with zero attached hydrogens (tertiary/aromatic N) is 1. The van der Waals surface area contributed by atoms with E-state index in [0.29, 0.717) is 17.3 Å². The monoisotopic (exact) mass is 296 g/mol. The Morgan fingerprint density at radius 2 is 2.18 bits per heavy atom. The second kappa shape index (κ2) is 5.67. The van der Waals surface area contributed by atoms with Crippen LogP contribution in [0.5, 0.6) is 0 Å². The summed E-state index contributed by atoms with van der Waals surface area (Å²) in [4.78, 5) is 0. The molecule has 7 heteroatoms. The van der Waals surface area contributed by atoms with E-state index in [1.54, 1.807) is 21.8 Å². The van der Waals surface area contributed by atoms with E-state index >= 15 is 0 Å². The van der Waals surface area contributed by atoms with Gasteiger partial charge in [0.25, 0.3) is 10.0 Å². The summed E-state index contributed by atoms with van der Waals surface area (Å²) in [5, 5.41) is 5.07. The number of nitrogens with one attached hydrogen (secondary N) is 1. The number of hydrogen-bond donors (Lipinski definition) is 1. The molecule has 1 aliphatic heterocycles. The number of piperazine rings is 1. The molecular formula is C10H17ClN2O2S2. The van der Waals surface area contributed by atoms with Gasteiger partial charge < -0.3 is 5.32 Å². The third-order valence-corrected chi connectivity index (χ3v) is 6.12. The fourth-order valence-electron chi connectivity index (χ4n) is 1.85. The van der Waals surface area contributed by atoms with Gasteiger partial charge in [-0.2, -0.15) is 4.31 Å². The predicted molar refractivity (Wildman–Crippen MR) is 72.4 cm³/mol. The lowest BCUT2D eigenvalue weighted by molar-refractivity contribution is 0.245. The van der Waals surface area contributed by atoms with Crippen molar-refractivity contribution in [2.24, 2.45) is 0 Å². The molecule has 2 rings (SSSR count). The number of rotatable bonds is 2. The van der Waals surface area contributed by atoms with Gasteiger partial charge in [0.15, 0.2) is 0 Å². The summed E-state index contributed by atoms with van der Waals surface area (Å²) >= 11 is 1.28. The summed E-state index contributed by atoms with van der Waals surface area (Å²) in [5.41, 5.74) is 0. The quantitative estimate of drug-likeness (QED) is 0.901. The Morgan fingerprint density at radius 3 is 2.76 bits per heavy atom. The Labute approximate surface area is 112 Å². The molecule has 0 amide bonds. The number of halogens is 1. The first-order chi connectivity index (χ1) is 7.51. The minimum Gasteiger partial charge on any atom is -0.311 e. The van der Waals surface area contributed by atoms with Crippen LogP contribution in [0.4, 0.5) is 0 Å². The summed E-state index contributed by atoms with van der Waals surface area (Å²) in [6.45, 7) is 5.19. The Balaban J connectivity index is 0.00000144. The highest BCUT2D eigenvalue weighted by Crippen LogP contribution is 2.24. The van der Waals surface area contributed by atoms with Gasteiger partial charge in [0.2, 0.25) is 0 Å². The molecule has 0 radical (unpaired) electrons. The van der Waals surface area contributed by atoms with Gasteiger partial charge in [-0.3, -0.25) is 0 Å². The minimum atomic E-state index is -3.29. The Morgan fingerprint density at radius 1 is 1.47 bits per heavy atom. The van der Waals surface area contributed by atoms with Crippen LogP contribution in [0.1, 0.15) is 13.8 Å². The Hall–Kier alpha value is -0.140. The van der Waals surface area contributed by atoms with Crippen molar-refractivity contribution in [3.8, 4) is 0 Å². The summed E-state index contributed by atoms with van der Waals surface area (Å²) < 4.78 is 26.7. The topological polar surface area (TPSA) is 49.4 Å². The molecule has 1 aliphatic rings. The fraction of sp³-hybridized carbons (Fsp3) is 0.600. The van der Waals surface area contributed by atoms with E-state index in [1.165, 1.54) is 11.3 Å². The van der Waals surface area contributed by atoms with Crippen LogP contribution in [0.15, 0.2) is 21.7 Å². The molecule has 2 heterocycles. The summed E-state index contributed by atoms with van der Waals surface area (Å²) in [6, 6.07) is 3.67. The molecule has 1 saturated heterocycles. The van der Waals surface area contributed by atoms with Crippen LogP contribution in [-0.2, 0) is 10.0 Å². The van der Waals surface area contributed by atoms with Crippen LogP contribution >= 0.6 is 23.7 Å². The molecule has 98 valence electrons. The van der Waals surface area contributed by atoms with Crippen molar-refractivity contribution in [1.82, 2.24) is 9.62 Å². The van der Waals surface area contributed by atoms with Crippen LogP contribution in [-0.4, -0.2) is 37.9 Å². The highest BCUT2D eigenvalue weighted by Gasteiger charge is 2.33. The van der Waals surface area contributed by atoms with Crippen molar-refractivity contribution < 1.29 is 8.42 Å². The van der Waals surface area contributed by atoms with E-state index < -0.39 is 10.0 Å². The lowest BCUT2D eigenvalue weighted by Crippen LogP contribution is -2.55. The van der Waals surface area contributed by atoms with Gasteiger partial charge in [0, 0.05) is 25.2 Å². The summed E-state index contributed by atoms with van der Waals surface area (Å²) in [6.07, 6.45) is 0. The van der Waals surface area contributed by atoms with Crippen LogP contribution in [0.2, 0.25) is 0 Å². The predicted octanol–water partition coefficient (Wildman–Crippen LogP) is 1.54. The highest BCUT2D eigenvalue weighted by atomic mass is 35.5. The molecule has 0 spiro atoms. The molecular weight excluding hydrogens is 280 g/mol. The van der Waals surface area contributed by atoms with E-state index in [-0.39, 0.29) is 24.5 Å². The zero-order valence-electron chi connectivity index (χ0n) is 9.79. The molecule has 2 unspecified atom stereocenters. The van der Waals surface area contributed by atoms with E-state index in [2.05, 4.69) is 5.32 Å². The molecule has 0 aromatic carbocycles.